The zero-order chi connectivity index (χ0) is 9.07. The minimum absolute atomic E-state index is 0.804. The fourth-order valence-corrected chi connectivity index (χ4v) is 0.972. The van der Waals surface area contributed by atoms with Crippen molar-refractivity contribution < 1.29 is 9.47 Å². The predicted molar refractivity (Wildman–Crippen MR) is 50.5 cm³/mol. The molecule has 3 nitrogen and oxygen atoms in total. The quantitative estimate of drug-likeness (QED) is 0.531. The molecule has 0 unspecified atom stereocenters. The van der Waals surface area contributed by atoms with Gasteiger partial charge in [-0.3, -0.25) is 0 Å². The summed E-state index contributed by atoms with van der Waals surface area (Å²) in [7, 11) is 3.47. The van der Waals surface area contributed by atoms with Crippen molar-refractivity contribution in [2.75, 3.05) is 40.5 Å². The van der Waals surface area contributed by atoms with E-state index < -0.39 is 0 Å². The molecule has 0 spiro atoms. The van der Waals surface area contributed by atoms with Gasteiger partial charge in [0.1, 0.15) is 0 Å². The maximum absolute atomic E-state index is 4.95. The van der Waals surface area contributed by atoms with Crippen LogP contribution in [0.2, 0.25) is 0 Å². The van der Waals surface area contributed by atoms with Crippen LogP contribution in [0.5, 0.6) is 0 Å². The van der Waals surface area contributed by atoms with E-state index in [4.69, 9.17) is 9.47 Å². The SMILES string of the molecule is COCCCCCNCCOC. The van der Waals surface area contributed by atoms with E-state index in [0.717, 1.165) is 26.3 Å². The van der Waals surface area contributed by atoms with Gasteiger partial charge in [0, 0.05) is 27.4 Å². The molecule has 0 saturated heterocycles. The fourth-order valence-electron chi connectivity index (χ4n) is 0.972. The molecule has 0 aromatic heterocycles. The van der Waals surface area contributed by atoms with Crippen LogP contribution in [0.3, 0.4) is 0 Å². The Morgan fingerprint density at radius 2 is 1.58 bits per heavy atom. The summed E-state index contributed by atoms with van der Waals surface area (Å²) in [6.07, 6.45) is 3.64. The lowest BCUT2D eigenvalue weighted by Crippen LogP contribution is -2.20. The van der Waals surface area contributed by atoms with Crippen LogP contribution in [0, 0.1) is 0 Å². The highest BCUT2D eigenvalue weighted by Gasteiger charge is 1.88. The summed E-state index contributed by atoms with van der Waals surface area (Å²) in [5.41, 5.74) is 0. The van der Waals surface area contributed by atoms with E-state index in [1.54, 1.807) is 14.2 Å². The highest BCUT2D eigenvalue weighted by molar-refractivity contribution is 4.47. The van der Waals surface area contributed by atoms with E-state index >= 15 is 0 Å². The van der Waals surface area contributed by atoms with E-state index in [9.17, 15) is 0 Å². The Kier molecular flexibility index (Phi) is 10.8. The third-order valence-electron chi connectivity index (χ3n) is 1.68. The Morgan fingerprint density at radius 3 is 2.25 bits per heavy atom. The molecule has 12 heavy (non-hydrogen) atoms. The molecule has 0 amide bonds. The third kappa shape index (κ3) is 9.88. The average molecular weight is 175 g/mol. The first kappa shape index (κ1) is 11.9. The van der Waals surface area contributed by atoms with Gasteiger partial charge in [-0.15, -0.1) is 0 Å². The van der Waals surface area contributed by atoms with Crippen molar-refractivity contribution in [3.63, 3.8) is 0 Å². The van der Waals surface area contributed by atoms with Crippen molar-refractivity contribution in [3.05, 3.63) is 0 Å². The van der Waals surface area contributed by atoms with Gasteiger partial charge >= 0.3 is 0 Å². The van der Waals surface area contributed by atoms with Crippen LogP contribution < -0.4 is 5.32 Å². The number of hydrogen-bond acceptors (Lipinski definition) is 3. The van der Waals surface area contributed by atoms with Gasteiger partial charge in [-0.2, -0.15) is 0 Å². The molecule has 0 aromatic rings. The lowest BCUT2D eigenvalue weighted by Gasteiger charge is -2.03. The molecule has 74 valence electrons. The average Bonchev–Trinajstić information content (AvgIpc) is 2.10. The molecule has 0 fully saturated rings. The van der Waals surface area contributed by atoms with Crippen molar-refractivity contribution in [2.45, 2.75) is 19.3 Å². The molecule has 0 aliphatic rings. The monoisotopic (exact) mass is 175 g/mol. The second-order valence-corrected chi connectivity index (χ2v) is 2.80. The van der Waals surface area contributed by atoms with Crippen LogP contribution in [0.1, 0.15) is 19.3 Å². The van der Waals surface area contributed by atoms with Crippen LogP contribution in [0.4, 0.5) is 0 Å². The fraction of sp³-hybridized carbons (Fsp3) is 1.00. The molecule has 0 saturated carbocycles. The number of rotatable bonds is 9. The summed E-state index contributed by atoms with van der Waals surface area (Å²) < 4.78 is 9.85. The topological polar surface area (TPSA) is 30.5 Å². The van der Waals surface area contributed by atoms with Gasteiger partial charge in [0.2, 0.25) is 0 Å². The number of unbranched alkanes of at least 4 members (excludes halogenated alkanes) is 2. The zero-order valence-electron chi connectivity index (χ0n) is 8.27. The van der Waals surface area contributed by atoms with Crippen LogP contribution in [0.25, 0.3) is 0 Å². The Balaban J connectivity index is 2.73. The molecule has 0 rings (SSSR count). The minimum atomic E-state index is 0.804. The number of nitrogens with one attached hydrogen (secondary N) is 1. The molecular weight excluding hydrogens is 154 g/mol. The molecule has 0 radical (unpaired) electrons. The second kappa shape index (κ2) is 10.9. The van der Waals surface area contributed by atoms with Gasteiger partial charge in [-0.05, 0) is 25.8 Å². The summed E-state index contributed by atoms with van der Waals surface area (Å²) in [5, 5.41) is 3.30. The summed E-state index contributed by atoms with van der Waals surface area (Å²) in [5.74, 6) is 0. The molecular formula is C9H21NO2. The van der Waals surface area contributed by atoms with E-state index in [0.29, 0.717) is 0 Å². The molecule has 0 aliphatic heterocycles. The van der Waals surface area contributed by atoms with Crippen molar-refractivity contribution in [1.29, 1.82) is 0 Å². The largest absolute Gasteiger partial charge is 0.385 e. The summed E-state index contributed by atoms with van der Waals surface area (Å²) in [6, 6.07) is 0. The summed E-state index contributed by atoms with van der Waals surface area (Å²) in [6.45, 7) is 3.74. The van der Waals surface area contributed by atoms with E-state index in [2.05, 4.69) is 5.32 Å². The normalized spacial score (nSPS) is 10.5. The summed E-state index contributed by atoms with van der Waals surface area (Å²) >= 11 is 0. The van der Waals surface area contributed by atoms with E-state index in [1.165, 1.54) is 19.3 Å². The third-order valence-corrected chi connectivity index (χ3v) is 1.68. The van der Waals surface area contributed by atoms with Crippen molar-refractivity contribution in [3.8, 4) is 0 Å². The highest BCUT2D eigenvalue weighted by atomic mass is 16.5. The molecule has 0 bridgehead atoms. The Hall–Kier alpha value is -0.120. The zero-order valence-corrected chi connectivity index (χ0v) is 8.27. The van der Waals surface area contributed by atoms with E-state index in [1.807, 2.05) is 0 Å². The van der Waals surface area contributed by atoms with Crippen LogP contribution >= 0.6 is 0 Å². The molecule has 0 heterocycles. The number of hydrogen-bond donors (Lipinski definition) is 1. The molecule has 0 atom stereocenters. The molecule has 3 heteroatoms. The van der Waals surface area contributed by atoms with Gasteiger partial charge in [0.15, 0.2) is 0 Å². The van der Waals surface area contributed by atoms with Gasteiger partial charge in [-0.1, -0.05) is 0 Å². The number of ether oxygens (including phenoxy) is 2. The molecule has 0 aromatic carbocycles. The maximum Gasteiger partial charge on any atom is 0.0587 e. The first-order chi connectivity index (χ1) is 5.91. The predicted octanol–water partition coefficient (Wildman–Crippen LogP) is 1.04. The summed E-state index contributed by atoms with van der Waals surface area (Å²) in [4.78, 5) is 0. The van der Waals surface area contributed by atoms with Crippen LogP contribution in [0.15, 0.2) is 0 Å². The molecule has 1 N–H and O–H groups in total. The Morgan fingerprint density at radius 1 is 0.833 bits per heavy atom. The van der Waals surface area contributed by atoms with Crippen molar-refractivity contribution >= 4 is 0 Å². The van der Waals surface area contributed by atoms with Crippen molar-refractivity contribution in [2.24, 2.45) is 0 Å². The Labute approximate surface area is 75.4 Å². The van der Waals surface area contributed by atoms with Crippen LogP contribution in [-0.4, -0.2) is 40.5 Å². The van der Waals surface area contributed by atoms with Gasteiger partial charge in [0.25, 0.3) is 0 Å². The Bertz CT molecular complexity index is 68.9. The second-order valence-electron chi connectivity index (χ2n) is 2.80. The maximum atomic E-state index is 4.95. The standard InChI is InChI=1S/C9H21NO2/c1-11-8-5-3-4-6-10-7-9-12-2/h10H,3-9H2,1-2H3. The van der Waals surface area contributed by atoms with Gasteiger partial charge < -0.3 is 14.8 Å². The van der Waals surface area contributed by atoms with Gasteiger partial charge in [0.05, 0.1) is 6.61 Å². The first-order valence-corrected chi connectivity index (χ1v) is 4.60. The number of methoxy groups -OCH3 is 2. The minimum Gasteiger partial charge on any atom is -0.385 e. The highest BCUT2D eigenvalue weighted by Crippen LogP contribution is 1.93. The molecule has 0 aliphatic carbocycles. The smallest absolute Gasteiger partial charge is 0.0587 e. The van der Waals surface area contributed by atoms with Crippen LogP contribution in [-0.2, 0) is 9.47 Å². The van der Waals surface area contributed by atoms with E-state index in [-0.39, 0.29) is 0 Å². The first-order valence-electron chi connectivity index (χ1n) is 4.60. The van der Waals surface area contributed by atoms with Crippen molar-refractivity contribution in [1.82, 2.24) is 5.32 Å². The lowest BCUT2D eigenvalue weighted by molar-refractivity contribution is 0.190. The van der Waals surface area contributed by atoms with Gasteiger partial charge in [-0.25, -0.2) is 0 Å². The lowest BCUT2D eigenvalue weighted by atomic mass is 10.2.